The summed E-state index contributed by atoms with van der Waals surface area (Å²) in [7, 11) is 0. The molecule has 10 heteroatoms. The van der Waals surface area contributed by atoms with Gasteiger partial charge in [0.25, 0.3) is 11.5 Å². The second kappa shape index (κ2) is 5.87. The first kappa shape index (κ1) is 16.9. The summed E-state index contributed by atoms with van der Waals surface area (Å²) in [6.45, 7) is 2.46. The maximum absolute atomic E-state index is 13.0. The third-order valence-corrected chi connectivity index (χ3v) is 4.60. The number of H-pyrrole nitrogens is 1. The van der Waals surface area contributed by atoms with E-state index in [9.17, 15) is 18.4 Å². The Balaban J connectivity index is 1.54. The summed E-state index contributed by atoms with van der Waals surface area (Å²) in [6.07, 6.45) is 0.0760. The first-order valence-corrected chi connectivity index (χ1v) is 7.90. The second-order valence-electron chi connectivity index (χ2n) is 6.56. The Bertz CT molecular complexity index is 704. The van der Waals surface area contributed by atoms with E-state index in [0.29, 0.717) is 25.2 Å². The van der Waals surface area contributed by atoms with Crippen LogP contribution in [0, 0.1) is 0 Å². The van der Waals surface area contributed by atoms with Gasteiger partial charge in [-0.2, -0.15) is 5.10 Å². The predicted molar refractivity (Wildman–Crippen MR) is 82.7 cm³/mol. The molecule has 2 fully saturated rings. The number of halogens is 3. The Morgan fingerprint density at radius 2 is 2.25 bits per heavy atom. The highest BCUT2D eigenvalue weighted by atomic mass is 35.5. The van der Waals surface area contributed by atoms with Gasteiger partial charge < -0.3 is 15.0 Å². The molecule has 1 aromatic rings. The SMILES string of the molecule is CC1(NC(=O)O[C@@H]2CCN(c3cn[nH]c(=O)c3Cl)C2)CC(F)(F)C1. The molecular weight excluding hydrogens is 346 g/mol. The number of aromatic nitrogens is 2. The molecule has 1 atom stereocenters. The third kappa shape index (κ3) is 3.45. The van der Waals surface area contributed by atoms with Crippen molar-refractivity contribution >= 4 is 23.4 Å². The number of nitrogens with one attached hydrogen (secondary N) is 2. The molecular formula is C14H17ClF2N4O3. The molecule has 1 saturated heterocycles. The lowest BCUT2D eigenvalue weighted by atomic mass is 9.75. The molecule has 0 spiro atoms. The number of anilines is 1. The molecule has 1 amide bonds. The quantitative estimate of drug-likeness (QED) is 0.857. The van der Waals surface area contributed by atoms with Crippen LogP contribution in [-0.4, -0.2) is 46.9 Å². The van der Waals surface area contributed by atoms with Crippen molar-refractivity contribution < 1.29 is 18.3 Å². The van der Waals surface area contributed by atoms with Crippen molar-refractivity contribution in [1.29, 1.82) is 0 Å². The molecule has 1 saturated carbocycles. The zero-order valence-electron chi connectivity index (χ0n) is 12.9. The molecule has 1 aliphatic carbocycles. The zero-order valence-corrected chi connectivity index (χ0v) is 13.7. The van der Waals surface area contributed by atoms with E-state index in [2.05, 4.69) is 15.5 Å². The van der Waals surface area contributed by atoms with Crippen molar-refractivity contribution in [1.82, 2.24) is 15.5 Å². The highest BCUT2D eigenvalue weighted by molar-refractivity contribution is 6.33. The molecule has 1 aliphatic heterocycles. The molecule has 0 unspecified atom stereocenters. The molecule has 1 aromatic heterocycles. The summed E-state index contributed by atoms with van der Waals surface area (Å²) in [4.78, 5) is 25.2. The number of carbonyl (C=O) groups is 1. The van der Waals surface area contributed by atoms with Crippen LogP contribution in [0.3, 0.4) is 0 Å². The average molecular weight is 363 g/mol. The predicted octanol–water partition coefficient (Wildman–Crippen LogP) is 1.92. The van der Waals surface area contributed by atoms with E-state index in [1.807, 2.05) is 0 Å². The minimum atomic E-state index is -2.73. The highest BCUT2D eigenvalue weighted by Crippen LogP contribution is 2.45. The number of ether oxygens (including phenoxy) is 1. The number of nitrogens with zero attached hydrogens (tertiary/aromatic N) is 2. The summed E-state index contributed by atoms with van der Waals surface area (Å²) >= 11 is 5.95. The van der Waals surface area contributed by atoms with Crippen LogP contribution < -0.4 is 15.8 Å². The number of carbonyl (C=O) groups excluding carboxylic acids is 1. The monoisotopic (exact) mass is 362 g/mol. The summed E-state index contributed by atoms with van der Waals surface area (Å²) in [6, 6.07) is 0. The van der Waals surface area contributed by atoms with Crippen molar-refractivity contribution in [2.45, 2.75) is 43.8 Å². The Hall–Kier alpha value is -1.90. The first-order chi connectivity index (χ1) is 11.2. The van der Waals surface area contributed by atoms with Crippen molar-refractivity contribution in [2.24, 2.45) is 0 Å². The number of hydrogen-bond donors (Lipinski definition) is 2. The van der Waals surface area contributed by atoms with Gasteiger partial charge in [0, 0.05) is 25.8 Å². The van der Waals surface area contributed by atoms with E-state index >= 15 is 0 Å². The van der Waals surface area contributed by atoms with Gasteiger partial charge in [-0.25, -0.2) is 18.7 Å². The van der Waals surface area contributed by atoms with Gasteiger partial charge in [0.15, 0.2) is 0 Å². The fraction of sp³-hybridized carbons (Fsp3) is 0.643. The lowest BCUT2D eigenvalue weighted by Gasteiger charge is -2.44. The third-order valence-electron chi connectivity index (χ3n) is 4.24. The van der Waals surface area contributed by atoms with Crippen LogP contribution in [0.15, 0.2) is 11.0 Å². The number of rotatable bonds is 3. The summed E-state index contributed by atoms with van der Waals surface area (Å²) < 4.78 is 31.2. The van der Waals surface area contributed by atoms with E-state index in [1.165, 1.54) is 6.20 Å². The van der Waals surface area contributed by atoms with E-state index in [4.69, 9.17) is 16.3 Å². The maximum atomic E-state index is 13.0. The fourth-order valence-electron chi connectivity index (χ4n) is 3.24. The van der Waals surface area contributed by atoms with Crippen LogP contribution in [0.1, 0.15) is 26.2 Å². The number of hydrogen-bond acceptors (Lipinski definition) is 5. The van der Waals surface area contributed by atoms with Gasteiger partial charge in [-0.05, 0) is 6.92 Å². The zero-order chi connectivity index (χ0) is 17.5. The Kier molecular flexibility index (Phi) is 4.15. The van der Waals surface area contributed by atoms with Gasteiger partial charge in [-0.1, -0.05) is 11.6 Å². The van der Waals surface area contributed by atoms with Crippen LogP contribution in [-0.2, 0) is 4.74 Å². The van der Waals surface area contributed by atoms with Crippen LogP contribution in [0.2, 0.25) is 5.02 Å². The van der Waals surface area contributed by atoms with E-state index < -0.39 is 29.2 Å². The Labute approximate surface area is 141 Å². The van der Waals surface area contributed by atoms with Crippen LogP contribution in [0.25, 0.3) is 0 Å². The summed E-state index contributed by atoms with van der Waals surface area (Å²) in [5, 5.41) is 8.46. The number of amides is 1. The maximum Gasteiger partial charge on any atom is 0.407 e. The van der Waals surface area contributed by atoms with Crippen LogP contribution in [0.5, 0.6) is 0 Å². The molecule has 7 nitrogen and oxygen atoms in total. The molecule has 3 rings (SSSR count). The van der Waals surface area contributed by atoms with Gasteiger partial charge >= 0.3 is 6.09 Å². The normalized spacial score (nSPS) is 24.3. The molecule has 0 bridgehead atoms. The largest absolute Gasteiger partial charge is 0.444 e. The van der Waals surface area contributed by atoms with Crippen molar-refractivity contribution in [2.75, 3.05) is 18.0 Å². The van der Waals surface area contributed by atoms with E-state index in [-0.39, 0.29) is 17.9 Å². The topological polar surface area (TPSA) is 87.3 Å². The van der Waals surface area contributed by atoms with Crippen LogP contribution in [0.4, 0.5) is 19.3 Å². The molecule has 0 aromatic carbocycles. The smallest absolute Gasteiger partial charge is 0.407 e. The van der Waals surface area contributed by atoms with Gasteiger partial charge in [0.05, 0.1) is 24.0 Å². The van der Waals surface area contributed by atoms with Gasteiger partial charge in [0.2, 0.25) is 0 Å². The Morgan fingerprint density at radius 1 is 1.54 bits per heavy atom. The minimum absolute atomic E-state index is 0.0271. The first-order valence-electron chi connectivity index (χ1n) is 7.52. The van der Waals surface area contributed by atoms with Crippen molar-refractivity contribution in [3.8, 4) is 0 Å². The second-order valence-corrected chi connectivity index (χ2v) is 6.93. The molecule has 0 radical (unpaired) electrons. The van der Waals surface area contributed by atoms with Gasteiger partial charge in [0.1, 0.15) is 11.1 Å². The average Bonchev–Trinajstić information content (AvgIpc) is 2.87. The van der Waals surface area contributed by atoms with E-state index in [0.717, 1.165) is 0 Å². The Morgan fingerprint density at radius 3 is 2.92 bits per heavy atom. The fourth-order valence-corrected chi connectivity index (χ4v) is 3.45. The van der Waals surface area contributed by atoms with Crippen LogP contribution >= 0.6 is 11.6 Å². The molecule has 2 heterocycles. The number of alkyl carbamates (subject to hydrolysis) is 1. The lowest BCUT2D eigenvalue weighted by Crippen LogP contribution is -2.60. The van der Waals surface area contributed by atoms with Gasteiger partial charge in [-0.15, -0.1) is 0 Å². The molecule has 24 heavy (non-hydrogen) atoms. The summed E-state index contributed by atoms with van der Waals surface area (Å²) in [5.41, 5.74) is -0.952. The lowest BCUT2D eigenvalue weighted by molar-refractivity contribution is -0.126. The van der Waals surface area contributed by atoms with Crippen molar-refractivity contribution in [3.05, 3.63) is 21.6 Å². The van der Waals surface area contributed by atoms with Gasteiger partial charge in [-0.3, -0.25) is 4.79 Å². The summed E-state index contributed by atoms with van der Waals surface area (Å²) in [5.74, 6) is -2.73. The van der Waals surface area contributed by atoms with Crippen molar-refractivity contribution in [3.63, 3.8) is 0 Å². The molecule has 2 N–H and O–H groups in total. The number of aromatic amines is 1. The number of alkyl halides is 2. The van der Waals surface area contributed by atoms with E-state index in [1.54, 1.807) is 11.8 Å². The molecule has 132 valence electrons. The molecule has 2 aliphatic rings. The minimum Gasteiger partial charge on any atom is -0.444 e. The highest BCUT2D eigenvalue weighted by Gasteiger charge is 2.54. The standard InChI is InChI=1S/C14H17ClF2N4O3/c1-13(6-14(16,17)7-13)19-12(23)24-8-2-3-21(5-8)9-4-18-20-11(22)10(9)15/h4,8H,2-3,5-7H2,1H3,(H,19,23)(H,20,22)/t8-/m1/s1.